The van der Waals surface area contributed by atoms with Gasteiger partial charge in [-0.05, 0) is 23.3 Å². The Labute approximate surface area is 173 Å². The van der Waals surface area contributed by atoms with Gasteiger partial charge < -0.3 is 10.0 Å². The van der Waals surface area contributed by atoms with E-state index in [1.807, 2.05) is 48.5 Å². The number of carboxylic acids is 1. The van der Waals surface area contributed by atoms with E-state index < -0.39 is 5.97 Å². The van der Waals surface area contributed by atoms with Crippen LogP contribution < -0.4 is 4.90 Å². The monoisotopic (exact) mass is 413 g/mol. The summed E-state index contributed by atoms with van der Waals surface area (Å²) in [6.45, 7) is 3.81. The van der Waals surface area contributed by atoms with Crippen LogP contribution >= 0.6 is 22.9 Å². The number of carbonyl (C=O) groups excluding carboxylic acids is 1. The van der Waals surface area contributed by atoms with Gasteiger partial charge in [0.1, 0.15) is 4.88 Å². The molecule has 1 N–H and O–H groups in total. The fourth-order valence-electron chi connectivity index (χ4n) is 2.87. The van der Waals surface area contributed by atoms with Gasteiger partial charge in [0.15, 0.2) is 0 Å². The van der Waals surface area contributed by atoms with E-state index in [1.54, 1.807) is 26.0 Å². The van der Waals surface area contributed by atoms with Gasteiger partial charge in [-0.25, -0.2) is 4.79 Å². The first-order valence-electron chi connectivity index (χ1n) is 8.85. The lowest BCUT2D eigenvalue weighted by Gasteiger charge is -2.25. The lowest BCUT2D eigenvalue weighted by atomic mass is 10.1. The predicted molar refractivity (Wildman–Crippen MR) is 114 cm³/mol. The van der Waals surface area contributed by atoms with Crippen LogP contribution in [0.5, 0.6) is 0 Å². The number of aromatic carboxylic acids is 1. The van der Waals surface area contributed by atoms with Gasteiger partial charge in [0.25, 0.3) is 0 Å². The molecule has 1 heterocycles. The summed E-state index contributed by atoms with van der Waals surface area (Å²) in [5.41, 5.74) is 2.08. The SMILES string of the molecule is CC(C)C(=O)N(Cc1ccccc1Cl)c1cc(-c2ccccc2)sc1C(=O)O. The fourth-order valence-corrected chi connectivity index (χ4v) is 4.07. The Balaban J connectivity index is 2.11. The molecule has 3 aromatic rings. The van der Waals surface area contributed by atoms with Gasteiger partial charge in [-0.15, -0.1) is 11.3 Å². The molecule has 0 bridgehead atoms. The maximum absolute atomic E-state index is 13.0. The van der Waals surface area contributed by atoms with Gasteiger partial charge in [0.05, 0.1) is 12.2 Å². The lowest BCUT2D eigenvalue weighted by molar-refractivity contribution is -0.121. The summed E-state index contributed by atoms with van der Waals surface area (Å²) in [6, 6.07) is 18.6. The van der Waals surface area contributed by atoms with Gasteiger partial charge in [0.2, 0.25) is 5.91 Å². The molecule has 0 saturated heterocycles. The third-order valence-electron chi connectivity index (χ3n) is 4.30. The van der Waals surface area contributed by atoms with Crippen molar-refractivity contribution in [3.63, 3.8) is 0 Å². The van der Waals surface area contributed by atoms with Crippen LogP contribution in [0.3, 0.4) is 0 Å². The Bertz CT molecular complexity index is 998. The van der Waals surface area contributed by atoms with Crippen LogP contribution in [0.2, 0.25) is 5.02 Å². The second-order valence-electron chi connectivity index (χ2n) is 6.67. The molecule has 0 saturated carbocycles. The Morgan fingerprint density at radius 1 is 1.07 bits per heavy atom. The van der Waals surface area contributed by atoms with Crippen LogP contribution in [0, 0.1) is 5.92 Å². The lowest BCUT2D eigenvalue weighted by Crippen LogP contribution is -2.34. The van der Waals surface area contributed by atoms with Crippen LogP contribution in [-0.4, -0.2) is 17.0 Å². The highest BCUT2D eigenvalue weighted by Crippen LogP contribution is 2.38. The van der Waals surface area contributed by atoms with E-state index in [0.717, 1.165) is 16.0 Å². The number of thiophene rings is 1. The topological polar surface area (TPSA) is 57.6 Å². The van der Waals surface area contributed by atoms with Crippen molar-refractivity contribution in [1.82, 2.24) is 0 Å². The second kappa shape index (κ2) is 8.59. The van der Waals surface area contributed by atoms with E-state index in [-0.39, 0.29) is 23.2 Å². The molecule has 1 aromatic heterocycles. The molecule has 0 fully saturated rings. The number of hydrogen-bond donors (Lipinski definition) is 1. The zero-order valence-electron chi connectivity index (χ0n) is 15.6. The number of rotatable bonds is 6. The van der Waals surface area contributed by atoms with Crippen molar-refractivity contribution in [3.8, 4) is 10.4 Å². The molecule has 2 aromatic carbocycles. The molecule has 0 aliphatic carbocycles. The zero-order valence-corrected chi connectivity index (χ0v) is 17.1. The average Bonchev–Trinajstić information content (AvgIpc) is 3.13. The van der Waals surface area contributed by atoms with Gasteiger partial charge >= 0.3 is 5.97 Å². The molecule has 28 heavy (non-hydrogen) atoms. The van der Waals surface area contributed by atoms with Crippen molar-refractivity contribution >= 4 is 40.5 Å². The molecular weight excluding hydrogens is 394 g/mol. The van der Waals surface area contributed by atoms with Crippen molar-refractivity contribution in [1.29, 1.82) is 0 Å². The molecule has 6 heteroatoms. The first-order chi connectivity index (χ1) is 13.4. The van der Waals surface area contributed by atoms with Gasteiger partial charge in [-0.3, -0.25) is 4.79 Å². The highest BCUT2D eigenvalue weighted by atomic mass is 35.5. The van der Waals surface area contributed by atoms with E-state index in [4.69, 9.17) is 11.6 Å². The standard InChI is InChI=1S/C22H20ClNO3S/c1-14(2)21(25)24(13-16-10-6-7-11-17(16)23)18-12-19(28-20(18)22(26)27)15-8-4-3-5-9-15/h3-12,14H,13H2,1-2H3,(H,26,27). The number of benzene rings is 2. The Hall–Kier alpha value is -2.63. The number of anilines is 1. The van der Waals surface area contributed by atoms with Crippen molar-refractivity contribution < 1.29 is 14.7 Å². The van der Waals surface area contributed by atoms with E-state index in [9.17, 15) is 14.7 Å². The third kappa shape index (κ3) is 4.26. The molecule has 0 spiro atoms. The Morgan fingerprint density at radius 2 is 1.71 bits per heavy atom. The van der Waals surface area contributed by atoms with E-state index >= 15 is 0 Å². The first kappa shape index (κ1) is 20.1. The molecule has 0 unspecified atom stereocenters. The summed E-state index contributed by atoms with van der Waals surface area (Å²) in [5, 5.41) is 10.3. The van der Waals surface area contributed by atoms with Crippen molar-refractivity contribution in [2.45, 2.75) is 20.4 Å². The number of nitrogens with zero attached hydrogens (tertiary/aromatic N) is 1. The van der Waals surface area contributed by atoms with Crippen molar-refractivity contribution in [2.24, 2.45) is 5.92 Å². The molecule has 144 valence electrons. The van der Waals surface area contributed by atoms with E-state index in [2.05, 4.69) is 0 Å². The number of hydrogen-bond acceptors (Lipinski definition) is 3. The largest absolute Gasteiger partial charge is 0.477 e. The number of carbonyl (C=O) groups is 2. The summed E-state index contributed by atoms with van der Waals surface area (Å²) < 4.78 is 0. The minimum Gasteiger partial charge on any atom is -0.477 e. The zero-order chi connectivity index (χ0) is 20.3. The van der Waals surface area contributed by atoms with Crippen LogP contribution in [-0.2, 0) is 11.3 Å². The van der Waals surface area contributed by atoms with Crippen molar-refractivity contribution in [3.05, 3.63) is 76.1 Å². The molecule has 0 radical (unpaired) electrons. The predicted octanol–water partition coefficient (Wildman–Crippen LogP) is 5.96. The molecule has 1 amide bonds. The molecule has 0 aliphatic heterocycles. The minimum absolute atomic E-state index is 0.139. The third-order valence-corrected chi connectivity index (χ3v) is 5.83. The first-order valence-corrected chi connectivity index (χ1v) is 10.0. The van der Waals surface area contributed by atoms with Gasteiger partial charge in [0, 0.05) is 15.8 Å². The summed E-state index contributed by atoms with van der Waals surface area (Å²) in [4.78, 5) is 27.4. The molecule has 4 nitrogen and oxygen atoms in total. The molecule has 0 atom stereocenters. The molecular formula is C22H20ClNO3S. The van der Waals surface area contributed by atoms with E-state index in [0.29, 0.717) is 10.7 Å². The summed E-state index contributed by atoms with van der Waals surface area (Å²) >= 11 is 7.46. The maximum Gasteiger partial charge on any atom is 0.348 e. The van der Waals surface area contributed by atoms with E-state index in [1.165, 1.54) is 16.2 Å². The highest BCUT2D eigenvalue weighted by molar-refractivity contribution is 7.18. The van der Waals surface area contributed by atoms with Crippen molar-refractivity contribution in [2.75, 3.05) is 4.90 Å². The van der Waals surface area contributed by atoms with Gasteiger partial charge in [-0.1, -0.05) is 74.0 Å². The van der Waals surface area contributed by atoms with Crippen LogP contribution in [0.15, 0.2) is 60.7 Å². The summed E-state index contributed by atoms with van der Waals surface area (Å²) in [6.07, 6.45) is 0. The minimum atomic E-state index is -1.05. The number of carboxylic acid groups (broad SMARTS) is 1. The summed E-state index contributed by atoms with van der Waals surface area (Å²) in [5.74, 6) is -1.49. The smallest absolute Gasteiger partial charge is 0.348 e. The normalized spacial score (nSPS) is 10.9. The molecule has 3 rings (SSSR count). The Morgan fingerprint density at radius 3 is 2.32 bits per heavy atom. The quantitative estimate of drug-likeness (QED) is 0.542. The fraction of sp³-hybridized carbons (Fsp3) is 0.182. The van der Waals surface area contributed by atoms with Crippen LogP contribution in [0.1, 0.15) is 29.1 Å². The Kier molecular flexibility index (Phi) is 6.17. The molecule has 0 aliphatic rings. The average molecular weight is 414 g/mol. The van der Waals surface area contributed by atoms with Crippen LogP contribution in [0.4, 0.5) is 5.69 Å². The number of amides is 1. The second-order valence-corrected chi connectivity index (χ2v) is 8.13. The summed E-state index contributed by atoms with van der Waals surface area (Å²) in [7, 11) is 0. The number of halogens is 1. The maximum atomic E-state index is 13.0. The van der Waals surface area contributed by atoms with Crippen LogP contribution in [0.25, 0.3) is 10.4 Å². The van der Waals surface area contributed by atoms with Gasteiger partial charge in [-0.2, -0.15) is 0 Å². The highest BCUT2D eigenvalue weighted by Gasteiger charge is 2.27.